The summed E-state index contributed by atoms with van der Waals surface area (Å²) in [6.07, 6.45) is 0.000127. The number of nitrogens with one attached hydrogen (secondary N) is 1. The van der Waals surface area contributed by atoms with E-state index in [1.165, 1.54) is 11.1 Å². The molecule has 1 aliphatic rings. The number of amides is 1. The summed E-state index contributed by atoms with van der Waals surface area (Å²) < 4.78 is 0. The van der Waals surface area contributed by atoms with E-state index in [2.05, 4.69) is 57.2 Å². The Morgan fingerprint density at radius 2 is 2.00 bits per heavy atom. The predicted molar refractivity (Wildman–Crippen MR) is 86.0 cm³/mol. The normalized spacial score (nSPS) is 19.6. The van der Waals surface area contributed by atoms with Crippen LogP contribution in [0, 0.1) is 12.3 Å². The molecule has 21 heavy (non-hydrogen) atoms. The summed E-state index contributed by atoms with van der Waals surface area (Å²) in [4.78, 5) is 16.5. The molecule has 4 heteroatoms. The summed E-state index contributed by atoms with van der Waals surface area (Å²) >= 11 is 0. The van der Waals surface area contributed by atoms with Crippen LogP contribution >= 0.6 is 0 Å². The van der Waals surface area contributed by atoms with Crippen molar-refractivity contribution in [1.29, 1.82) is 0 Å². The minimum Gasteiger partial charge on any atom is -0.321 e. The lowest BCUT2D eigenvalue weighted by Gasteiger charge is -2.35. The first-order chi connectivity index (χ1) is 9.80. The van der Waals surface area contributed by atoms with Crippen LogP contribution in [0.3, 0.4) is 0 Å². The van der Waals surface area contributed by atoms with E-state index in [9.17, 15) is 4.79 Å². The van der Waals surface area contributed by atoms with E-state index in [0.717, 1.165) is 13.1 Å². The molecule has 2 rings (SSSR count). The summed E-state index contributed by atoms with van der Waals surface area (Å²) in [7, 11) is 4.15. The number of hydrogen-bond acceptors (Lipinski definition) is 3. The molecule has 1 aromatic carbocycles. The number of carbonyl (C=O) groups is 1. The van der Waals surface area contributed by atoms with Gasteiger partial charge in [-0.2, -0.15) is 0 Å². The van der Waals surface area contributed by atoms with Gasteiger partial charge in [0.15, 0.2) is 0 Å². The highest BCUT2D eigenvalue weighted by molar-refractivity contribution is 5.81. The fraction of sp³-hybridized carbons (Fsp3) is 0.588. The van der Waals surface area contributed by atoms with Gasteiger partial charge >= 0.3 is 0 Å². The molecule has 0 bridgehead atoms. The zero-order chi connectivity index (χ0) is 15.6. The first-order valence-electron chi connectivity index (χ1n) is 7.53. The molecule has 1 unspecified atom stereocenters. The lowest BCUT2D eigenvalue weighted by atomic mass is 9.91. The van der Waals surface area contributed by atoms with Gasteiger partial charge in [-0.25, -0.2) is 0 Å². The molecule has 1 amide bonds. The number of aryl methyl sites for hydroxylation is 1. The molecule has 1 fully saturated rings. The molecule has 116 valence electrons. The van der Waals surface area contributed by atoms with Gasteiger partial charge < -0.3 is 9.80 Å². The second-order valence-electron chi connectivity index (χ2n) is 7.06. The summed E-state index contributed by atoms with van der Waals surface area (Å²) in [6, 6.07) is 8.28. The van der Waals surface area contributed by atoms with Crippen LogP contribution in [0.1, 0.15) is 31.1 Å². The van der Waals surface area contributed by atoms with E-state index in [4.69, 9.17) is 0 Å². The van der Waals surface area contributed by atoms with Gasteiger partial charge in [-0.1, -0.05) is 38.1 Å². The second-order valence-corrected chi connectivity index (χ2v) is 7.06. The highest BCUT2D eigenvalue weighted by Crippen LogP contribution is 2.29. The maximum Gasteiger partial charge on any atom is 0.238 e. The van der Waals surface area contributed by atoms with Crippen molar-refractivity contribution in [2.45, 2.75) is 26.9 Å². The Balaban J connectivity index is 2.20. The Hall–Kier alpha value is -1.39. The zero-order valence-corrected chi connectivity index (χ0v) is 13.8. The summed E-state index contributed by atoms with van der Waals surface area (Å²) in [5.41, 5.74) is 2.48. The summed E-state index contributed by atoms with van der Waals surface area (Å²) in [5.74, 6) is 0.190. The highest BCUT2D eigenvalue weighted by atomic mass is 16.2. The molecular weight excluding hydrogens is 262 g/mol. The molecule has 0 radical (unpaired) electrons. The molecule has 1 saturated heterocycles. The van der Waals surface area contributed by atoms with E-state index in [0.29, 0.717) is 6.54 Å². The molecule has 4 nitrogen and oxygen atoms in total. The summed E-state index contributed by atoms with van der Waals surface area (Å²) in [6.45, 7) is 8.67. The number of benzene rings is 1. The van der Waals surface area contributed by atoms with Crippen molar-refractivity contribution in [1.82, 2.24) is 15.1 Å². The van der Waals surface area contributed by atoms with Gasteiger partial charge in [0.25, 0.3) is 0 Å². The fourth-order valence-corrected chi connectivity index (χ4v) is 3.26. The van der Waals surface area contributed by atoms with Crippen molar-refractivity contribution < 1.29 is 4.79 Å². The van der Waals surface area contributed by atoms with Crippen molar-refractivity contribution in [3.8, 4) is 0 Å². The molecule has 1 N–H and O–H groups in total. The number of hydrogen-bond donors (Lipinski definition) is 1. The first-order valence-corrected chi connectivity index (χ1v) is 7.53. The van der Waals surface area contributed by atoms with Gasteiger partial charge in [0.1, 0.15) is 6.17 Å². The Kier molecular flexibility index (Phi) is 4.69. The van der Waals surface area contributed by atoms with Crippen molar-refractivity contribution in [3.05, 3.63) is 35.4 Å². The van der Waals surface area contributed by atoms with Gasteiger partial charge in [-0.3, -0.25) is 10.1 Å². The Bertz CT molecular complexity index is 511. The van der Waals surface area contributed by atoms with Gasteiger partial charge in [-0.15, -0.1) is 0 Å². The minimum absolute atomic E-state index is 0.000127. The summed E-state index contributed by atoms with van der Waals surface area (Å²) in [5, 5.41) is 3.35. The quantitative estimate of drug-likeness (QED) is 0.901. The molecular formula is C17H27N3O. The Morgan fingerprint density at radius 1 is 1.33 bits per heavy atom. The van der Waals surface area contributed by atoms with Gasteiger partial charge in [-0.05, 0) is 37.6 Å². The van der Waals surface area contributed by atoms with Crippen molar-refractivity contribution >= 4 is 5.91 Å². The molecule has 0 saturated carbocycles. The number of carbonyl (C=O) groups excluding carboxylic acids is 1. The van der Waals surface area contributed by atoms with Gasteiger partial charge in [0.2, 0.25) is 5.91 Å². The molecule has 0 aliphatic carbocycles. The Morgan fingerprint density at radius 3 is 2.62 bits per heavy atom. The van der Waals surface area contributed by atoms with E-state index >= 15 is 0 Å². The number of rotatable bonds is 5. The molecule has 1 aromatic rings. The van der Waals surface area contributed by atoms with Crippen LogP contribution in [-0.2, 0) is 4.79 Å². The smallest absolute Gasteiger partial charge is 0.238 e. The molecule has 1 aliphatic heterocycles. The van der Waals surface area contributed by atoms with Crippen LogP contribution < -0.4 is 5.32 Å². The van der Waals surface area contributed by atoms with Crippen molar-refractivity contribution in [2.24, 2.45) is 5.41 Å². The SMILES string of the molecule is Cc1ccccc1C1NCC(=O)N1CC(C)(C)CN(C)C. The van der Waals surface area contributed by atoms with E-state index in [1.807, 2.05) is 17.0 Å². The van der Waals surface area contributed by atoms with Gasteiger partial charge in [0, 0.05) is 13.1 Å². The second kappa shape index (κ2) is 6.16. The third-order valence-electron chi connectivity index (χ3n) is 3.90. The van der Waals surface area contributed by atoms with Crippen molar-refractivity contribution in [2.75, 3.05) is 33.7 Å². The zero-order valence-electron chi connectivity index (χ0n) is 13.8. The van der Waals surface area contributed by atoms with Gasteiger partial charge in [0.05, 0.1) is 6.54 Å². The average Bonchev–Trinajstić information content (AvgIpc) is 2.69. The fourth-order valence-electron chi connectivity index (χ4n) is 3.26. The van der Waals surface area contributed by atoms with E-state index < -0.39 is 0 Å². The van der Waals surface area contributed by atoms with Crippen LogP contribution in [0.2, 0.25) is 0 Å². The van der Waals surface area contributed by atoms with Crippen LogP contribution in [0.15, 0.2) is 24.3 Å². The van der Waals surface area contributed by atoms with Crippen LogP contribution in [0.4, 0.5) is 0 Å². The minimum atomic E-state index is 0.000127. The topological polar surface area (TPSA) is 35.6 Å². The molecule has 1 atom stereocenters. The standard InChI is InChI=1S/C17H27N3O/c1-13-8-6-7-9-14(13)16-18-10-15(21)20(16)12-17(2,3)11-19(4)5/h6-9,16,18H,10-12H2,1-5H3. The van der Waals surface area contributed by atoms with Crippen LogP contribution in [-0.4, -0.2) is 49.4 Å². The third kappa shape index (κ3) is 3.83. The Labute approximate surface area is 128 Å². The predicted octanol–water partition coefficient (Wildman–Crippen LogP) is 2.01. The van der Waals surface area contributed by atoms with Crippen LogP contribution in [0.25, 0.3) is 0 Å². The van der Waals surface area contributed by atoms with E-state index in [1.54, 1.807) is 0 Å². The molecule has 0 aromatic heterocycles. The monoisotopic (exact) mass is 289 g/mol. The largest absolute Gasteiger partial charge is 0.321 e. The van der Waals surface area contributed by atoms with Crippen LogP contribution in [0.5, 0.6) is 0 Å². The maximum absolute atomic E-state index is 12.3. The lowest BCUT2D eigenvalue weighted by molar-refractivity contribution is -0.129. The molecule has 1 heterocycles. The molecule has 0 spiro atoms. The lowest BCUT2D eigenvalue weighted by Crippen LogP contribution is -2.42. The first kappa shape index (κ1) is 16.0. The van der Waals surface area contributed by atoms with E-state index in [-0.39, 0.29) is 17.5 Å². The maximum atomic E-state index is 12.3. The number of nitrogens with zero attached hydrogens (tertiary/aromatic N) is 2. The third-order valence-corrected chi connectivity index (χ3v) is 3.90. The average molecular weight is 289 g/mol. The highest BCUT2D eigenvalue weighted by Gasteiger charge is 2.36. The van der Waals surface area contributed by atoms with Crippen molar-refractivity contribution in [3.63, 3.8) is 0 Å².